The largest absolute Gasteiger partial charge is 0.385 e. The number of hydrogen-bond acceptors (Lipinski definition) is 4. The van der Waals surface area contributed by atoms with Crippen molar-refractivity contribution in [3.63, 3.8) is 0 Å². The van der Waals surface area contributed by atoms with Crippen LogP contribution in [0, 0.1) is 0 Å². The number of rotatable bonds is 2. The lowest BCUT2D eigenvalue weighted by Crippen LogP contribution is -2.41. The molecule has 0 bridgehead atoms. The van der Waals surface area contributed by atoms with Crippen LogP contribution in [0.3, 0.4) is 0 Å². The van der Waals surface area contributed by atoms with E-state index < -0.39 is 11.7 Å². The lowest BCUT2D eigenvalue weighted by molar-refractivity contribution is -0.184. The summed E-state index contributed by atoms with van der Waals surface area (Å²) >= 11 is 0. The van der Waals surface area contributed by atoms with Crippen molar-refractivity contribution in [2.45, 2.75) is 55.7 Å². The number of aliphatic hydroxyl groups is 1. The van der Waals surface area contributed by atoms with Gasteiger partial charge in [0, 0.05) is 12.8 Å². The lowest BCUT2D eigenvalue weighted by Gasteiger charge is -2.35. The highest BCUT2D eigenvalue weighted by molar-refractivity contribution is 5.28. The summed E-state index contributed by atoms with van der Waals surface area (Å²) in [5.41, 5.74) is 0.211. The third-order valence-electron chi connectivity index (χ3n) is 5.54. The van der Waals surface area contributed by atoms with Crippen LogP contribution in [0.2, 0.25) is 0 Å². The van der Waals surface area contributed by atoms with Crippen molar-refractivity contribution in [1.82, 2.24) is 0 Å². The summed E-state index contributed by atoms with van der Waals surface area (Å²) in [6.07, 6.45) is 2.88. The lowest BCUT2D eigenvalue weighted by atomic mass is 9.75. The Bertz CT molecular complexity index is 513. The molecule has 2 spiro atoms. The van der Waals surface area contributed by atoms with Crippen LogP contribution < -0.4 is 0 Å². The van der Waals surface area contributed by atoms with Gasteiger partial charge in [-0.1, -0.05) is 30.3 Å². The molecular formula is C17H22O4. The molecule has 2 saturated heterocycles. The highest BCUT2D eigenvalue weighted by Crippen LogP contribution is 2.63. The number of aliphatic hydroxyl groups excluding tert-OH is 1. The molecule has 3 aliphatic rings. The van der Waals surface area contributed by atoms with Gasteiger partial charge in [0.2, 0.25) is 0 Å². The first-order valence-electron chi connectivity index (χ1n) is 7.80. The van der Waals surface area contributed by atoms with Crippen molar-refractivity contribution < 1.29 is 19.3 Å². The Morgan fingerprint density at radius 1 is 1.00 bits per heavy atom. The van der Waals surface area contributed by atoms with Crippen LogP contribution >= 0.6 is 0 Å². The van der Waals surface area contributed by atoms with E-state index in [2.05, 4.69) is 0 Å². The molecule has 0 amide bonds. The number of benzene rings is 1. The molecule has 2 aliphatic heterocycles. The van der Waals surface area contributed by atoms with E-state index in [1.807, 2.05) is 37.3 Å². The molecule has 1 saturated carbocycles. The molecule has 0 radical (unpaired) electrons. The molecular weight excluding hydrogens is 268 g/mol. The van der Waals surface area contributed by atoms with Crippen LogP contribution in [0.5, 0.6) is 0 Å². The van der Waals surface area contributed by atoms with Gasteiger partial charge in [0.15, 0.2) is 5.79 Å². The Kier molecular flexibility index (Phi) is 2.95. The van der Waals surface area contributed by atoms with Crippen LogP contribution in [0.25, 0.3) is 0 Å². The fourth-order valence-corrected chi connectivity index (χ4v) is 4.06. The van der Waals surface area contributed by atoms with Crippen molar-refractivity contribution in [2.75, 3.05) is 13.2 Å². The fraction of sp³-hybridized carbons (Fsp3) is 0.647. The zero-order valence-corrected chi connectivity index (χ0v) is 12.4. The summed E-state index contributed by atoms with van der Waals surface area (Å²) in [6.45, 7) is 3.41. The van der Waals surface area contributed by atoms with E-state index in [4.69, 9.17) is 14.2 Å². The summed E-state index contributed by atoms with van der Waals surface area (Å²) in [5.74, 6) is -0.379. The van der Waals surface area contributed by atoms with Crippen molar-refractivity contribution in [2.24, 2.45) is 0 Å². The van der Waals surface area contributed by atoms with E-state index in [1.54, 1.807) is 0 Å². The van der Waals surface area contributed by atoms with Gasteiger partial charge in [-0.15, -0.1) is 0 Å². The molecule has 4 rings (SSSR count). The molecule has 1 N–H and O–H groups in total. The first-order valence-corrected chi connectivity index (χ1v) is 7.80. The second kappa shape index (κ2) is 4.53. The van der Waals surface area contributed by atoms with Crippen LogP contribution in [0.15, 0.2) is 30.3 Å². The average Bonchev–Trinajstić information content (AvgIpc) is 2.88. The Balaban J connectivity index is 1.49. The van der Waals surface area contributed by atoms with Gasteiger partial charge in [0.1, 0.15) is 17.3 Å². The smallest absolute Gasteiger partial charge is 0.168 e. The number of ether oxygens (including phenoxy) is 3. The summed E-state index contributed by atoms with van der Waals surface area (Å²) < 4.78 is 17.6. The minimum absolute atomic E-state index is 0.219. The van der Waals surface area contributed by atoms with E-state index in [0.717, 1.165) is 31.2 Å². The SMILES string of the molecule is CC1(C(O)c2ccccc2)OC12CCC1(CC2)OCCO1. The quantitative estimate of drug-likeness (QED) is 0.851. The van der Waals surface area contributed by atoms with Crippen LogP contribution in [0.4, 0.5) is 0 Å². The minimum Gasteiger partial charge on any atom is -0.385 e. The zero-order valence-electron chi connectivity index (χ0n) is 12.4. The van der Waals surface area contributed by atoms with E-state index in [1.165, 1.54) is 0 Å². The highest BCUT2D eigenvalue weighted by Gasteiger charge is 2.71. The van der Waals surface area contributed by atoms with Crippen molar-refractivity contribution >= 4 is 0 Å². The van der Waals surface area contributed by atoms with Crippen molar-refractivity contribution in [1.29, 1.82) is 0 Å². The molecule has 2 heterocycles. The Morgan fingerprint density at radius 2 is 1.62 bits per heavy atom. The summed E-state index contributed by atoms with van der Waals surface area (Å²) in [6, 6.07) is 9.78. The number of hydrogen-bond donors (Lipinski definition) is 1. The molecule has 0 aromatic heterocycles. The Hall–Kier alpha value is -0.940. The molecule has 114 valence electrons. The van der Waals surface area contributed by atoms with Gasteiger partial charge in [-0.25, -0.2) is 0 Å². The van der Waals surface area contributed by atoms with Gasteiger partial charge < -0.3 is 19.3 Å². The topological polar surface area (TPSA) is 51.2 Å². The maximum Gasteiger partial charge on any atom is 0.168 e. The molecule has 2 atom stereocenters. The third kappa shape index (κ3) is 1.97. The maximum absolute atomic E-state index is 10.7. The number of epoxide rings is 1. The van der Waals surface area contributed by atoms with Gasteiger partial charge in [-0.05, 0) is 25.3 Å². The second-order valence-corrected chi connectivity index (χ2v) is 6.62. The van der Waals surface area contributed by atoms with Gasteiger partial charge >= 0.3 is 0 Å². The molecule has 21 heavy (non-hydrogen) atoms. The molecule has 4 nitrogen and oxygen atoms in total. The summed E-state index contributed by atoms with van der Waals surface area (Å²) in [5, 5.41) is 10.7. The van der Waals surface area contributed by atoms with Crippen molar-refractivity contribution in [3.8, 4) is 0 Å². The first kappa shape index (κ1) is 13.7. The monoisotopic (exact) mass is 290 g/mol. The van der Waals surface area contributed by atoms with E-state index in [-0.39, 0.29) is 11.4 Å². The predicted molar refractivity (Wildman–Crippen MR) is 76.7 cm³/mol. The van der Waals surface area contributed by atoms with Crippen LogP contribution in [-0.2, 0) is 14.2 Å². The Labute approximate surface area is 125 Å². The van der Waals surface area contributed by atoms with Crippen molar-refractivity contribution in [3.05, 3.63) is 35.9 Å². The summed E-state index contributed by atoms with van der Waals surface area (Å²) in [4.78, 5) is 0. The molecule has 1 aliphatic carbocycles. The maximum atomic E-state index is 10.7. The van der Waals surface area contributed by atoms with Gasteiger partial charge in [0.25, 0.3) is 0 Å². The normalized spacial score (nSPS) is 34.2. The molecule has 1 aromatic rings. The summed E-state index contributed by atoms with van der Waals surface area (Å²) in [7, 11) is 0. The van der Waals surface area contributed by atoms with E-state index >= 15 is 0 Å². The molecule has 1 aromatic carbocycles. The van der Waals surface area contributed by atoms with E-state index in [0.29, 0.717) is 13.2 Å². The first-order chi connectivity index (χ1) is 10.1. The highest BCUT2D eigenvalue weighted by atomic mass is 16.7. The fourth-order valence-electron chi connectivity index (χ4n) is 4.06. The van der Waals surface area contributed by atoms with Crippen LogP contribution in [-0.4, -0.2) is 35.3 Å². The van der Waals surface area contributed by atoms with Gasteiger partial charge in [-0.2, -0.15) is 0 Å². The van der Waals surface area contributed by atoms with Gasteiger partial charge in [-0.3, -0.25) is 0 Å². The van der Waals surface area contributed by atoms with Crippen LogP contribution in [0.1, 0.15) is 44.3 Å². The standard InChI is InChI=1S/C17H22O4/c1-15(14(18)13-5-3-2-4-6-13)16(21-15)7-9-17(10-8-16)19-11-12-20-17/h2-6,14,18H,7-12H2,1H3. The third-order valence-corrected chi connectivity index (χ3v) is 5.54. The minimum atomic E-state index is -0.585. The molecule has 2 unspecified atom stereocenters. The van der Waals surface area contributed by atoms with Gasteiger partial charge in [0.05, 0.1) is 13.2 Å². The van der Waals surface area contributed by atoms with E-state index in [9.17, 15) is 5.11 Å². The average molecular weight is 290 g/mol. The second-order valence-electron chi connectivity index (χ2n) is 6.62. The Morgan fingerprint density at radius 3 is 2.24 bits per heavy atom. The predicted octanol–water partition coefficient (Wildman–Crippen LogP) is 2.56. The molecule has 3 fully saturated rings. The molecule has 4 heteroatoms. The zero-order chi connectivity index (χ0) is 14.6.